The lowest BCUT2D eigenvalue weighted by atomic mass is 10.1. The van der Waals surface area contributed by atoms with Gasteiger partial charge in [0.25, 0.3) is 0 Å². The molecule has 20 rings (SSSR count). The first-order valence-corrected chi connectivity index (χ1v) is 32.9. The summed E-state index contributed by atoms with van der Waals surface area (Å²) in [6.07, 6.45) is 0. The fourth-order valence-electron chi connectivity index (χ4n) is 14.0. The molecule has 8 nitrogen and oxygen atoms in total. The number of furan rings is 3. The van der Waals surface area contributed by atoms with Gasteiger partial charge < -0.3 is 36.8 Å². The Morgan fingerprint density at radius 2 is 0.629 bits per heavy atom. The summed E-state index contributed by atoms with van der Waals surface area (Å²) in [5.41, 5.74) is 20.3. The van der Waals surface area contributed by atoms with Crippen LogP contribution in [0.4, 0.5) is 28.4 Å². The topological polar surface area (TPSA) is 60.7 Å². The Bertz CT molecular complexity index is 6090. The number of nitrogens with zero attached hydrogens (tertiary/aromatic N) is 5. The maximum Gasteiger partial charge on any atom is 0.159 e. The Labute approximate surface area is 561 Å². The van der Waals surface area contributed by atoms with Crippen LogP contribution in [-0.2, 0) is 21.1 Å². The summed E-state index contributed by atoms with van der Waals surface area (Å²) in [4.78, 5) is 4.43. The van der Waals surface area contributed by atoms with Gasteiger partial charge in [-0.25, -0.2) is 0 Å². The van der Waals surface area contributed by atoms with Gasteiger partial charge in [-0.1, -0.05) is 206 Å². The van der Waals surface area contributed by atoms with Crippen molar-refractivity contribution in [3.8, 4) is 0 Å². The second-order valence-electron chi connectivity index (χ2n) is 24.6. The summed E-state index contributed by atoms with van der Waals surface area (Å²) >= 11 is 0. The van der Waals surface area contributed by atoms with Crippen molar-refractivity contribution >= 4 is 160 Å². The van der Waals surface area contributed by atoms with Crippen LogP contribution >= 0.6 is 0 Å². The zero-order valence-electron chi connectivity index (χ0n) is 54.6. The van der Waals surface area contributed by atoms with Gasteiger partial charge in [-0.3, -0.25) is 0 Å². The lowest BCUT2D eigenvalue weighted by Crippen LogP contribution is -2.09. The summed E-state index contributed by atoms with van der Waals surface area (Å²) in [6, 6.07) is 114. The largest absolute Gasteiger partial charge is 0.456 e. The van der Waals surface area contributed by atoms with Gasteiger partial charge in [0.1, 0.15) is 27.9 Å². The quantitative estimate of drug-likeness (QED) is 0.172. The monoisotopic (exact) mass is 1260 g/mol. The molecule has 0 fully saturated rings. The third-order valence-corrected chi connectivity index (χ3v) is 18.9. The van der Waals surface area contributed by atoms with Crippen LogP contribution in [0.5, 0.6) is 0 Å². The first kappa shape index (κ1) is 59.5. The molecule has 6 aromatic heterocycles. The van der Waals surface area contributed by atoms with E-state index in [9.17, 15) is 0 Å². The van der Waals surface area contributed by atoms with Crippen LogP contribution in [0.3, 0.4) is 0 Å². The van der Waals surface area contributed by atoms with Gasteiger partial charge in [-0.15, -0.1) is 0 Å². The van der Waals surface area contributed by atoms with E-state index < -0.39 is 0 Å². The Hall–Kier alpha value is -12.5. The normalized spacial score (nSPS) is 11.4. The van der Waals surface area contributed by atoms with Gasteiger partial charge in [-0.05, 0) is 134 Å². The summed E-state index contributed by atoms with van der Waals surface area (Å²) in [7, 11) is 8.42. The molecule has 20 aromatic rings. The molecule has 0 radical (unpaired) electrons. The molecular weight excluding hydrogens is 1190 g/mol. The first-order valence-electron chi connectivity index (χ1n) is 32.9. The molecule has 0 aliphatic heterocycles. The van der Waals surface area contributed by atoms with Crippen molar-refractivity contribution in [2.75, 3.05) is 16.8 Å². The third-order valence-electron chi connectivity index (χ3n) is 18.9. The van der Waals surface area contributed by atoms with Crippen LogP contribution in [0.1, 0.15) is 5.56 Å². The van der Waals surface area contributed by atoms with Gasteiger partial charge in [-0.2, -0.15) is 0 Å². The predicted octanol–water partition coefficient (Wildman–Crippen LogP) is 24.6. The molecule has 0 saturated heterocycles. The first-order chi connectivity index (χ1) is 47.7. The van der Waals surface area contributed by atoms with E-state index in [4.69, 9.17) is 13.3 Å². The Kier molecular flexibility index (Phi) is 15.6. The molecule has 0 atom stereocenters. The van der Waals surface area contributed by atoms with Crippen LogP contribution in [0, 0.1) is 6.92 Å². The number of anilines is 5. The van der Waals surface area contributed by atoms with Gasteiger partial charge >= 0.3 is 0 Å². The van der Waals surface area contributed by atoms with Crippen molar-refractivity contribution in [3.63, 3.8) is 0 Å². The van der Waals surface area contributed by atoms with Gasteiger partial charge in [0, 0.05) is 138 Å². The number of rotatable bonds is 5. The zero-order valence-corrected chi connectivity index (χ0v) is 54.6. The zero-order chi connectivity index (χ0) is 65.5. The fourth-order valence-corrected chi connectivity index (χ4v) is 14.0. The van der Waals surface area contributed by atoms with Crippen LogP contribution in [-0.4, -0.2) is 20.7 Å². The van der Waals surface area contributed by atoms with Crippen molar-refractivity contribution in [3.05, 3.63) is 333 Å². The molecule has 468 valence electrons. The Morgan fingerprint density at radius 3 is 1.19 bits per heavy atom. The lowest BCUT2D eigenvalue weighted by molar-refractivity contribution is 0.669. The molecule has 0 aliphatic rings. The highest BCUT2D eigenvalue weighted by Crippen LogP contribution is 2.42. The van der Waals surface area contributed by atoms with Crippen molar-refractivity contribution in [2.45, 2.75) is 6.92 Å². The highest BCUT2D eigenvalue weighted by Gasteiger charge is 2.19. The highest BCUT2D eigenvalue weighted by atomic mass is 16.3. The minimum Gasteiger partial charge on any atom is -0.456 e. The molecule has 0 N–H and O–H groups in total. The van der Waals surface area contributed by atoms with Crippen molar-refractivity contribution < 1.29 is 13.3 Å². The predicted molar refractivity (Wildman–Crippen MR) is 410 cm³/mol. The SMILES string of the molecule is CN(c1ccccc1)c1ccccc1.Cc1ccc(N(c2ccccc2)c2ccccc2)cc1.Cn1c2ccccc2c2c3oc4ccccc4c3ccc21.Cn1c2ccccc2c2cc3oc4ccccc4c3cc21.Cn1c2ccccc2c2ccc3c4ccccc4oc3c21. The van der Waals surface area contributed by atoms with Gasteiger partial charge in [0.05, 0.1) is 16.4 Å². The Morgan fingerprint density at radius 1 is 0.247 bits per heavy atom. The molecule has 14 aromatic carbocycles. The van der Waals surface area contributed by atoms with E-state index >= 15 is 0 Å². The van der Waals surface area contributed by atoms with Crippen molar-refractivity contribution in [2.24, 2.45) is 21.1 Å². The molecule has 97 heavy (non-hydrogen) atoms. The van der Waals surface area contributed by atoms with Crippen LogP contribution in [0.2, 0.25) is 0 Å². The number of aryl methyl sites for hydroxylation is 4. The molecule has 8 heteroatoms. The second kappa shape index (κ2) is 25.4. The minimum absolute atomic E-state index is 0.949. The van der Waals surface area contributed by atoms with E-state index in [2.05, 4.69) is 326 Å². The number of hydrogen-bond acceptors (Lipinski definition) is 5. The smallest absolute Gasteiger partial charge is 0.159 e. The second-order valence-corrected chi connectivity index (χ2v) is 24.6. The minimum atomic E-state index is 0.949. The van der Waals surface area contributed by atoms with Gasteiger partial charge in [0.2, 0.25) is 0 Å². The molecule has 0 aliphatic carbocycles. The van der Waals surface area contributed by atoms with Crippen molar-refractivity contribution in [1.29, 1.82) is 0 Å². The summed E-state index contributed by atoms with van der Waals surface area (Å²) in [5.74, 6) is 0. The van der Waals surface area contributed by atoms with E-state index in [0.717, 1.165) is 33.5 Å². The van der Waals surface area contributed by atoms with E-state index in [1.165, 1.54) is 132 Å². The highest BCUT2D eigenvalue weighted by molar-refractivity contribution is 6.24. The molecule has 0 unspecified atom stereocenters. The third kappa shape index (κ3) is 10.9. The number of hydrogen-bond donors (Lipinski definition) is 0. The maximum atomic E-state index is 6.17. The fraction of sp³-hybridized carbons (Fsp3) is 0.0562. The molecule has 0 amide bonds. The summed E-state index contributed by atoms with van der Waals surface area (Å²) < 4.78 is 25.1. The standard InChI is InChI=1S/3C19H13NO.C19H17N.C13H13N/c1-20-15-8-4-2-7-14(15)18-16(20)11-10-13-12-6-3-5-9-17(12)21-19(13)18;1-20-16-8-4-2-6-12(16)14-11-19-15(10-17(14)20)13-7-3-5-9-18(13)21-19;1-20-16-8-4-2-6-12(16)14-10-11-15-13-7-3-5-9-17(13)21-19(15)18(14)20;1-16-12-14-19(15-13-16)20(17-8-4-2-5-9-17)18-10-6-3-7-11-18;1-14(12-8-4-2-5-9-12)13-10-6-3-7-11-13/h3*2-11H,1H3;2-15H,1H3;2-11H,1H3. The number of para-hydroxylation sites is 10. The number of fused-ring (bicyclic) bond motifs is 20. The molecule has 0 saturated carbocycles. The van der Waals surface area contributed by atoms with E-state index in [1.54, 1.807) is 0 Å². The molecular formula is C89H69N5O3. The summed E-state index contributed by atoms with van der Waals surface area (Å²) in [5, 5.41) is 14.6. The van der Waals surface area contributed by atoms with Crippen molar-refractivity contribution in [1.82, 2.24) is 13.7 Å². The van der Waals surface area contributed by atoms with E-state index in [-0.39, 0.29) is 0 Å². The van der Waals surface area contributed by atoms with E-state index in [1.807, 2.05) is 60.7 Å². The maximum absolute atomic E-state index is 6.17. The Balaban J connectivity index is 0.0000000957. The van der Waals surface area contributed by atoms with Crippen LogP contribution in [0.25, 0.3) is 131 Å². The molecule has 0 bridgehead atoms. The molecule has 6 heterocycles. The van der Waals surface area contributed by atoms with Crippen LogP contribution < -0.4 is 9.80 Å². The average molecular weight is 1260 g/mol. The van der Waals surface area contributed by atoms with E-state index in [0.29, 0.717) is 0 Å². The molecule has 0 spiro atoms. The number of benzene rings is 14. The summed E-state index contributed by atoms with van der Waals surface area (Å²) in [6.45, 7) is 2.11. The lowest BCUT2D eigenvalue weighted by Gasteiger charge is -2.25. The average Bonchev–Trinajstić information content (AvgIpc) is 1.60. The van der Waals surface area contributed by atoms with Gasteiger partial charge in [0.15, 0.2) is 5.58 Å². The number of aromatic nitrogens is 3. The van der Waals surface area contributed by atoms with Crippen LogP contribution in [0.15, 0.2) is 341 Å².